The Hall–Kier alpha value is -0.360. The molecule has 0 aromatic heterocycles. The summed E-state index contributed by atoms with van der Waals surface area (Å²) in [6.45, 7) is 3.97. The topological polar surface area (TPSA) is 49.4 Å². The first-order valence-electron chi connectivity index (χ1n) is 4.78. The van der Waals surface area contributed by atoms with Gasteiger partial charge in [-0.25, -0.2) is 8.42 Å². The second-order valence-corrected chi connectivity index (χ2v) is 6.06. The van der Waals surface area contributed by atoms with Gasteiger partial charge in [-0.15, -0.1) is 0 Å². The van der Waals surface area contributed by atoms with E-state index in [2.05, 4.69) is 12.2 Å². The lowest BCUT2D eigenvalue weighted by molar-refractivity contribution is 0.435. The summed E-state index contributed by atoms with van der Waals surface area (Å²) >= 11 is 5.13. The normalized spacial score (nSPS) is 20.5. The molecule has 1 aliphatic rings. The number of nitrogens with one attached hydrogen (secondary N) is 1. The van der Waals surface area contributed by atoms with Crippen LogP contribution in [0.15, 0.2) is 0 Å². The summed E-state index contributed by atoms with van der Waals surface area (Å²) in [5.41, 5.74) is 0. The molecule has 1 rings (SSSR count). The highest BCUT2D eigenvalue weighted by molar-refractivity contribution is 7.91. The van der Waals surface area contributed by atoms with Crippen LogP contribution in [0.25, 0.3) is 0 Å². The zero-order valence-corrected chi connectivity index (χ0v) is 9.96. The number of hydrogen-bond donors (Lipinski definition) is 1. The minimum absolute atomic E-state index is 0.223. The van der Waals surface area contributed by atoms with Gasteiger partial charge in [0, 0.05) is 19.6 Å². The third-order valence-corrected chi connectivity index (χ3v) is 4.17. The van der Waals surface area contributed by atoms with Gasteiger partial charge in [0.05, 0.1) is 11.5 Å². The van der Waals surface area contributed by atoms with Crippen molar-refractivity contribution in [1.82, 2.24) is 10.2 Å². The molecule has 0 aromatic carbocycles. The molecule has 0 bridgehead atoms. The molecule has 0 atom stereocenters. The molecule has 82 valence electrons. The van der Waals surface area contributed by atoms with E-state index < -0.39 is 9.84 Å². The van der Waals surface area contributed by atoms with Crippen LogP contribution in [-0.2, 0) is 9.84 Å². The van der Waals surface area contributed by atoms with Gasteiger partial charge in [-0.3, -0.25) is 0 Å². The first kappa shape index (κ1) is 11.7. The molecule has 0 aromatic rings. The summed E-state index contributed by atoms with van der Waals surface area (Å²) in [6.07, 6.45) is 1.02. The van der Waals surface area contributed by atoms with Crippen molar-refractivity contribution in [1.29, 1.82) is 0 Å². The zero-order chi connectivity index (χ0) is 10.6. The van der Waals surface area contributed by atoms with Crippen molar-refractivity contribution < 1.29 is 8.42 Å². The van der Waals surface area contributed by atoms with E-state index in [0.717, 1.165) is 13.0 Å². The Bertz CT molecular complexity index is 286. The van der Waals surface area contributed by atoms with E-state index in [0.29, 0.717) is 18.2 Å². The van der Waals surface area contributed by atoms with Crippen LogP contribution in [0.2, 0.25) is 0 Å². The van der Waals surface area contributed by atoms with Gasteiger partial charge in [0.25, 0.3) is 0 Å². The number of rotatable bonds is 2. The van der Waals surface area contributed by atoms with E-state index in [1.165, 1.54) is 0 Å². The van der Waals surface area contributed by atoms with E-state index in [9.17, 15) is 8.42 Å². The summed E-state index contributed by atoms with van der Waals surface area (Å²) in [6, 6.07) is 0. The smallest absolute Gasteiger partial charge is 0.168 e. The highest BCUT2D eigenvalue weighted by Crippen LogP contribution is 2.03. The summed E-state index contributed by atoms with van der Waals surface area (Å²) in [5, 5.41) is 3.77. The minimum atomic E-state index is -2.80. The number of sulfone groups is 1. The monoisotopic (exact) mass is 236 g/mol. The minimum Gasteiger partial charge on any atom is -0.363 e. The summed E-state index contributed by atoms with van der Waals surface area (Å²) in [7, 11) is -2.80. The first-order valence-corrected chi connectivity index (χ1v) is 7.01. The van der Waals surface area contributed by atoms with Crippen LogP contribution >= 0.6 is 12.2 Å². The molecule has 0 aliphatic carbocycles. The lowest BCUT2D eigenvalue weighted by Crippen LogP contribution is -2.48. The summed E-state index contributed by atoms with van der Waals surface area (Å²) in [4.78, 5) is 1.92. The fraction of sp³-hybridized carbons (Fsp3) is 0.875. The molecular weight excluding hydrogens is 220 g/mol. The summed E-state index contributed by atoms with van der Waals surface area (Å²) < 4.78 is 22.3. The van der Waals surface area contributed by atoms with E-state index in [-0.39, 0.29) is 11.5 Å². The van der Waals surface area contributed by atoms with Gasteiger partial charge >= 0.3 is 0 Å². The quantitative estimate of drug-likeness (QED) is 0.684. The first-order chi connectivity index (χ1) is 6.55. The standard InChI is InChI=1S/C8H16N2O2S2/c1-2-3-9-8(13)10-4-6-14(11,12)7-5-10/h2-7H2,1H3,(H,9,13). The Morgan fingerprint density at radius 3 is 2.50 bits per heavy atom. The largest absolute Gasteiger partial charge is 0.363 e. The molecule has 0 unspecified atom stereocenters. The van der Waals surface area contributed by atoms with Gasteiger partial charge in [0.1, 0.15) is 0 Å². The number of thiocarbonyl (C=S) groups is 1. The van der Waals surface area contributed by atoms with Crippen molar-refractivity contribution in [3.05, 3.63) is 0 Å². The Morgan fingerprint density at radius 1 is 1.43 bits per heavy atom. The van der Waals surface area contributed by atoms with Crippen LogP contribution in [0, 0.1) is 0 Å². The van der Waals surface area contributed by atoms with Crippen LogP contribution in [0.5, 0.6) is 0 Å². The summed E-state index contributed by atoms with van der Waals surface area (Å²) in [5.74, 6) is 0.446. The van der Waals surface area contributed by atoms with Crippen molar-refractivity contribution >= 4 is 27.2 Å². The second kappa shape index (κ2) is 4.93. The van der Waals surface area contributed by atoms with E-state index in [1.807, 2.05) is 4.90 Å². The molecule has 4 nitrogen and oxygen atoms in total. The van der Waals surface area contributed by atoms with Gasteiger partial charge < -0.3 is 10.2 Å². The van der Waals surface area contributed by atoms with E-state index in [4.69, 9.17) is 12.2 Å². The average Bonchev–Trinajstić information content (AvgIpc) is 2.14. The maximum atomic E-state index is 11.1. The van der Waals surface area contributed by atoms with Crippen LogP contribution in [-0.4, -0.2) is 49.6 Å². The zero-order valence-electron chi connectivity index (χ0n) is 8.32. The maximum Gasteiger partial charge on any atom is 0.168 e. The Kier molecular flexibility index (Phi) is 4.12. The lowest BCUT2D eigenvalue weighted by Gasteiger charge is -2.29. The average molecular weight is 236 g/mol. The Morgan fingerprint density at radius 2 is 2.00 bits per heavy atom. The number of hydrogen-bond acceptors (Lipinski definition) is 3. The molecule has 0 radical (unpaired) electrons. The van der Waals surface area contributed by atoms with Crippen molar-refractivity contribution in [2.75, 3.05) is 31.1 Å². The van der Waals surface area contributed by atoms with Crippen molar-refractivity contribution in [3.8, 4) is 0 Å². The van der Waals surface area contributed by atoms with E-state index in [1.54, 1.807) is 0 Å². The molecule has 0 spiro atoms. The molecule has 0 amide bonds. The Labute approximate surface area is 90.6 Å². The molecular formula is C8H16N2O2S2. The fourth-order valence-electron chi connectivity index (χ4n) is 1.26. The highest BCUT2D eigenvalue weighted by Gasteiger charge is 2.22. The van der Waals surface area contributed by atoms with Gasteiger partial charge in [-0.2, -0.15) is 0 Å². The lowest BCUT2D eigenvalue weighted by atomic mass is 10.5. The van der Waals surface area contributed by atoms with Crippen molar-refractivity contribution in [3.63, 3.8) is 0 Å². The van der Waals surface area contributed by atoms with Crippen molar-refractivity contribution in [2.45, 2.75) is 13.3 Å². The molecule has 1 saturated heterocycles. The van der Waals surface area contributed by atoms with E-state index >= 15 is 0 Å². The van der Waals surface area contributed by atoms with Crippen LogP contribution in [0.3, 0.4) is 0 Å². The molecule has 1 N–H and O–H groups in total. The van der Waals surface area contributed by atoms with Crippen LogP contribution in [0.1, 0.15) is 13.3 Å². The third-order valence-electron chi connectivity index (χ3n) is 2.16. The predicted octanol–water partition coefficient (Wildman–Crippen LogP) is 0.00130. The molecule has 1 fully saturated rings. The molecule has 1 aliphatic heterocycles. The molecule has 1 heterocycles. The second-order valence-electron chi connectivity index (χ2n) is 3.37. The predicted molar refractivity (Wildman–Crippen MR) is 61.1 cm³/mol. The SMILES string of the molecule is CCCNC(=S)N1CCS(=O)(=O)CC1. The van der Waals surface area contributed by atoms with Crippen LogP contribution in [0.4, 0.5) is 0 Å². The van der Waals surface area contributed by atoms with Crippen molar-refractivity contribution in [2.24, 2.45) is 0 Å². The van der Waals surface area contributed by atoms with Gasteiger partial charge in [-0.05, 0) is 18.6 Å². The van der Waals surface area contributed by atoms with Crippen LogP contribution < -0.4 is 5.32 Å². The van der Waals surface area contributed by atoms with Gasteiger partial charge in [0.2, 0.25) is 0 Å². The molecule has 14 heavy (non-hydrogen) atoms. The molecule has 0 saturated carbocycles. The molecule has 6 heteroatoms. The van der Waals surface area contributed by atoms with Gasteiger partial charge in [-0.1, -0.05) is 6.92 Å². The third kappa shape index (κ3) is 3.42. The maximum absolute atomic E-state index is 11.1. The highest BCUT2D eigenvalue weighted by atomic mass is 32.2. The number of nitrogens with zero attached hydrogens (tertiary/aromatic N) is 1. The fourth-order valence-corrected chi connectivity index (χ4v) is 2.75. The Balaban J connectivity index is 2.38. The van der Waals surface area contributed by atoms with Gasteiger partial charge in [0.15, 0.2) is 14.9 Å².